The van der Waals surface area contributed by atoms with Gasteiger partial charge in [0.25, 0.3) is 0 Å². The van der Waals surface area contributed by atoms with Crippen molar-refractivity contribution in [3.63, 3.8) is 0 Å². The van der Waals surface area contributed by atoms with Gasteiger partial charge in [0, 0.05) is 12.5 Å². The van der Waals surface area contributed by atoms with Gasteiger partial charge >= 0.3 is 0 Å². The quantitative estimate of drug-likeness (QED) is 0.321. The number of amides is 1. The summed E-state index contributed by atoms with van der Waals surface area (Å²) in [6.07, 6.45) is 7.35. The van der Waals surface area contributed by atoms with Crippen molar-refractivity contribution in [3.05, 3.63) is 39.0 Å². The molecule has 0 bridgehead atoms. The van der Waals surface area contributed by atoms with Crippen LogP contribution in [-0.4, -0.2) is 21.7 Å². The van der Waals surface area contributed by atoms with Gasteiger partial charge in [0.05, 0.1) is 27.0 Å². The average Bonchev–Trinajstić information content (AvgIpc) is 3.05. The Bertz CT molecular complexity index is 903. The second-order valence-electron chi connectivity index (χ2n) is 6.57. The molecule has 3 rings (SSSR count). The van der Waals surface area contributed by atoms with E-state index in [1.807, 2.05) is 0 Å². The number of carbonyl (C=O) groups excluding carboxylic acids is 1. The summed E-state index contributed by atoms with van der Waals surface area (Å²) in [4.78, 5) is 14.0. The Hall–Kier alpha value is -1.74. The number of hydrogen-bond donors (Lipinski definition) is 0. The third-order valence-corrected chi connectivity index (χ3v) is 6.05. The fraction of sp³-hybridized carbons (Fsp3) is 0.421. The van der Waals surface area contributed by atoms with E-state index in [2.05, 4.69) is 18.1 Å². The Morgan fingerprint density at radius 2 is 2.00 bits per heavy atom. The fourth-order valence-electron chi connectivity index (χ4n) is 3.32. The molecular formula is C19H19Cl3N4O. The van der Waals surface area contributed by atoms with Crippen molar-refractivity contribution in [3.8, 4) is 11.8 Å². The predicted octanol–water partition coefficient (Wildman–Crippen LogP) is 5.78. The summed E-state index contributed by atoms with van der Waals surface area (Å²) in [5, 5.41) is 14.6. The minimum atomic E-state index is -0.0232. The lowest BCUT2D eigenvalue weighted by Crippen LogP contribution is -2.54. The molecule has 1 fully saturated rings. The maximum absolute atomic E-state index is 12.4. The van der Waals surface area contributed by atoms with Crippen molar-refractivity contribution < 1.29 is 4.79 Å². The van der Waals surface area contributed by atoms with E-state index < -0.39 is 0 Å². The van der Waals surface area contributed by atoms with Crippen LogP contribution in [-0.2, 0) is 4.79 Å². The van der Waals surface area contributed by atoms with Crippen molar-refractivity contribution in [2.45, 2.75) is 51.5 Å². The second kappa shape index (κ2) is 8.52. The van der Waals surface area contributed by atoms with Gasteiger partial charge in [-0.15, -0.1) is 0 Å². The molecule has 1 aliphatic rings. The number of nitrogens with zero attached hydrogens (tertiary/aromatic N) is 4. The Balaban J connectivity index is 1.96. The van der Waals surface area contributed by atoms with Gasteiger partial charge in [-0.1, -0.05) is 67.4 Å². The van der Waals surface area contributed by atoms with E-state index in [1.54, 1.807) is 17.0 Å². The van der Waals surface area contributed by atoms with E-state index in [4.69, 9.17) is 34.8 Å². The Morgan fingerprint density at radius 3 is 2.67 bits per heavy atom. The molecule has 142 valence electrons. The van der Waals surface area contributed by atoms with Crippen molar-refractivity contribution >= 4 is 46.5 Å². The van der Waals surface area contributed by atoms with Crippen LogP contribution in [0.4, 0.5) is 5.82 Å². The smallest absolute Gasteiger partial charge is 0.230 e. The number of benzene rings is 1. The Labute approximate surface area is 173 Å². The molecule has 1 saturated heterocycles. The fourth-order valence-corrected chi connectivity index (χ4v) is 3.93. The predicted molar refractivity (Wildman–Crippen MR) is 108 cm³/mol. The van der Waals surface area contributed by atoms with Crippen LogP contribution < -0.4 is 4.90 Å². The second-order valence-corrected chi connectivity index (χ2v) is 7.73. The molecule has 5 nitrogen and oxygen atoms in total. The van der Waals surface area contributed by atoms with E-state index in [1.165, 1.54) is 17.3 Å². The van der Waals surface area contributed by atoms with Gasteiger partial charge in [-0.05, 0) is 18.6 Å². The summed E-state index contributed by atoms with van der Waals surface area (Å²) >= 11 is 18.5. The summed E-state index contributed by atoms with van der Waals surface area (Å²) in [7, 11) is 0. The van der Waals surface area contributed by atoms with Gasteiger partial charge in [0.1, 0.15) is 11.6 Å². The number of nitriles is 1. The number of anilines is 1. The summed E-state index contributed by atoms with van der Waals surface area (Å²) in [5.74, 6) is 0.416. The van der Waals surface area contributed by atoms with E-state index in [0.717, 1.165) is 25.7 Å². The van der Waals surface area contributed by atoms with E-state index in [-0.39, 0.29) is 22.0 Å². The molecule has 8 heteroatoms. The zero-order valence-electron chi connectivity index (χ0n) is 14.9. The summed E-state index contributed by atoms with van der Waals surface area (Å²) in [5.41, 5.74) is 0.802. The number of halogens is 3. The Kier molecular flexibility index (Phi) is 6.31. The van der Waals surface area contributed by atoms with Crippen molar-refractivity contribution in [2.24, 2.45) is 0 Å². The normalized spacial score (nSPS) is 16.3. The van der Waals surface area contributed by atoms with Crippen LogP contribution in [0.3, 0.4) is 0 Å². The van der Waals surface area contributed by atoms with Crippen molar-refractivity contribution in [2.75, 3.05) is 4.90 Å². The molecule has 2 aromatic rings. The molecule has 0 saturated carbocycles. The number of rotatable bonds is 7. The zero-order valence-corrected chi connectivity index (χ0v) is 17.2. The lowest BCUT2D eigenvalue weighted by atomic mass is 9.95. The standard InChI is InChI=1S/C19H19Cl3N4O/c1-2-3-4-5-6-13-9-16(27)25(13)19-12(10-23)11-24-26(19)15-8-7-14(20)17(21)18(15)22/h7-8,11,13H,2-6,9H2,1H3. The van der Waals surface area contributed by atoms with Gasteiger partial charge < -0.3 is 0 Å². The van der Waals surface area contributed by atoms with Crippen LogP contribution in [0.15, 0.2) is 18.3 Å². The van der Waals surface area contributed by atoms with Crippen LogP contribution in [0.1, 0.15) is 51.0 Å². The largest absolute Gasteiger partial charge is 0.292 e. The molecular weight excluding hydrogens is 407 g/mol. The minimum Gasteiger partial charge on any atom is -0.292 e. The lowest BCUT2D eigenvalue weighted by Gasteiger charge is -2.40. The van der Waals surface area contributed by atoms with Gasteiger partial charge in [0.15, 0.2) is 5.82 Å². The van der Waals surface area contributed by atoms with Crippen LogP contribution in [0, 0.1) is 11.3 Å². The number of aromatic nitrogens is 2. The van der Waals surface area contributed by atoms with Crippen LogP contribution in [0.2, 0.25) is 15.1 Å². The number of β-lactam (4-membered cyclic amide) rings is 1. The topological polar surface area (TPSA) is 61.9 Å². The monoisotopic (exact) mass is 424 g/mol. The van der Waals surface area contributed by atoms with Crippen LogP contribution >= 0.6 is 34.8 Å². The third-order valence-electron chi connectivity index (χ3n) is 4.77. The molecule has 0 radical (unpaired) electrons. The molecule has 2 heterocycles. The Morgan fingerprint density at radius 1 is 1.22 bits per heavy atom. The molecule has 1 aromatic carbocycles. The SMILES string of the molecule is CCCCCCC1CC(=O)N1c1c(C#N)cnn1-c1ccc(Cl)c(Cl)c1Cl. The summed E-state index contributed by atoms with van der Waals surface area (Å²) in [6.45, 7) is 2.16. The molecule has 0 N–H and O–H groups in total. The molecule has 1 unspecified atom stereocenters. The summed E-state index contributed by atoms with van der Waals surface area (Å²) in [6, 6.07) is 5.48. The lowest BCUT2D eigenvalue weighted by molar-refractivity contribution is -0.124. The highest BCUT2D eigenvalue weighted by atomic mass is 35.5. The van der Waals surface area contributed by atoms with E-state index in [0.29, 0.717) is 28.5 Å². The average molecular weight is 426 g/mol. The van der Waals surface area contributed by atoms with E-state index in [9.17, 15) is 10.1 Å². The highest BCUT2D eigenvalue weighted by molar-refractivity contribution is 6.48. The molecule has 0 aliphatic carbocycles. The zero-order chi connectivity index (χ0) is 19.6. The highest BCUT2D eigenvalue weighted by Gasteiger charge is 2.40. The molecule has 1 aromatic heterocycles. The molecule has 1 atom stereocenters. The van der Waals surface area contributed by atoms with Gasteiger partial charge in [-0.3, -0.25) is 9.69 Å². The molecule has 0 spiro atoms. The summed E-state index contributed by atoms with van der Waals surface area (Å²) < 4.78 is 1.50. The van der Waals surface area contributed by atoms with Crippen molar-refractivity contribution in [1.29, 1.82) is 5.26 Å². The molecule has 1 aliphatic heterocycles. The first kappa shape index (κ1) is 20.0. The van der Waals surface area contributed by atoms with E-state index >= 15 is 0 Å². The first-order valence-electron chi connectivity index (χ1n) is 8.93. The van der Waals surface area contributed by atoms with Gasteiger partial charge in [-0.25, -0.2) is 4.68 Å². The maximum atomic E-state index is 12.4. The maximum Gasteiger partial charge on any atom is 0.230 e. The van der Waals surface area contributed by atoms with Gasteiger partial charge in [-0.2, -0.15) is 10.4 Å². The van der Waals surface area contributed by atoms with Crippen molar-refractivity contribution in [1.82, 2.24) is 9.78 Å². The minimum absolute atomic E-state index is 0.0232. The molecule has 1 amide bonds. The number of unbranched alkanes of at least 4 members (excludes halogenated alkanes) is 3. The molecule has 27 heavy (non-hydrogen) atoms. The number of carbonyl (C=O) groups is 1. The number of hydrogen-bond acceptors (Lipinski definition) is 3. The first-order chi connectivity index (χ1) is 13.0. The van der Waals surface area contributed by atoms with Gasteiger partial charge in [0.2, 0.25) is 5.91 Å². The van der Waals surface area contributed by atoms with Crippen LogP contribution in [0.25, 0.3) is 5.69 Å². The van der Waals surface area contributed by atoms with Crippen LogP contribution in [0.5, 0.6) is 0 Å². The highest BCUT2D eigenvalue weighted by Crippen LogP contribution is 2.39. The third kappa shape index (κ3) is 3.80. The first-order valence-corrected chi connectivity index (χ1v) is 10.1.